The summed E-state index contributed by atoms with van der Waals surface area (Å²) in [4.78, 5) is 5.10. The molecule has 0 saturated carbocycles. The predicted octanol–water partition coefficient (Wildman–Crippen LogP) is 4.85. The van der Waals surface area contributed by atoms with E-state index in [4.69, 9.17) is 4.52 Å². The molecule has 4 heteroatoms. The van der Waals surface area contributed by atoms with Gasteiger partial charge >= 0.3 is 0 Å². The van der Waals surface area contributed by atoms with Crippen LogP contribution in [0.5, 0.6) is 0 Å². The molecule has 2 aliphatic rings. The number of hydrogen-bond acceptors (Lipinski definition) is 4. The minimum absolute atomic E-state index is 0.754. The van der Waals surface area contributed by atoms with Crippen LogP contribution in [0.25, 0.3) is 22.4 Å². The highest BCUT2D eigenvalue weighted by Gasteiger charge is 2.26. The van der Waals surface area contributed by atoms with Crippen LogP contribution in [0.1, 0.15) is 30.6 Å². The first-order valence-electron chi connectivity index (χ1n) is 10.8. The second kappa shape index (κ2) is 8.13. The zero-order valence-electron chi connectivity index (χ0n) is 17.2. The molecule has 1 saturated heterocycles. The smallest absolute Gasteiger partial charge is 0.143 e. The van der Waals surface area contributed by atoms with E-state index in [1.54, 1.807) is 0 Å². The van der Waals surface area contributed by atoms with Gasteiger partial charge in [-0.2, -0.15) is 0 Å². The van der Waals surface area contributed by atoms with Crippen molar-refractivity contribution in [2.45, 2.75) is 38.3 Å². The Labute approximate surface area is 173 Å². The van der Waals surface area contributed by atoms with Gasteiger partial charge in [0.1, 0.15) is 11.5 Å². The van der Waals surface area contributed by atoms with E-state index in [0.717, 1.165) is 49.1 Å². The maximum absolute atomic E-state index is 5.71. The fraction of sp³-hybridized carbons (Fsp3) is 0.400. The van der Waals surface area contributed by atoms with Gasteiger partial charge in [0.15, 0.2) is 0 Å². The summed E-state index contributed by atoms with van der Waals surface area (Å²) < 4.78 is 5.71. The van der Waals surface area contributed by atoms with Crippen LogP contribution in [-0.2, 0) is 13.0 Å². The van der Waals surface area contributed by atoms with E-state index in [9.17, 15) is 0 Å². The summed E-state index contributed by atoms with van der Waals surface area (Å²) in [5.41, 5.74) is 5.91. The lowest BCUT2D eigenvalue weighted by Gasteiger charge is -2.28. The largest absolute Gasteiger partial charge is 0.360 e. The minimum Gasteiger partial charge on any atom is -0.360 e. The first-order chi connectivity index (χ1) is 14.3. The molecule has 1 unspecified atom stereocenters. The average molecular weight is 388 g/mol. The molecule has 0 bridgehead atoms. The molecule has 2 aromatic carbocycles. The molecule has 0 amide bonds. The Morgan fingerprint density at radius 1 is 0.966 bits per heavy atom. The van der Waals surface area contributed by atoms with E-state index in [1.807, 2.05) is 0 Å². The molecule has 1 aromatic heterocycles. The molecule has 4 nitrogen and oxygen atoms in total. The Hall–Kier alpha value is -2.43. The van der Waals surface area contributed by atoms with Gasteiger partial charge in [-0.3, -0.25) is 4.90 Å². The predicted molar refractivity (Wildman–Crippen MR) is 117 cm³/mol. The van der Waals surface area contributed by atoms with Crippen molar-refractivity contribution in [3.05, 3.63) is 65.9 Å². The van der Waals surface area contributed by atoms with Gasteiger partial charge in [-0.25, -0.2) is 0 Å². The van der Waals surface area contributed by atoms with Gasteiger partial charge in [0, 0.05) is 36.7 Å². The Kier molecular flexibility index (Phi) is 5.21. The van der Waals surface area contributed by atoms with Gasteiger partial charge in [0.2, 0.25) is 0 Å². The van der Waals surface area contributed by atoms with Gasteiger partial charge in [-0.05, 0) is 50.5 Å². The number of rotatable bonds is 5. The summed E-state index contributed by atoms with van der Waals surface area (Å²) >= 11 is 0. The molecule has 2 aliphatic heterocycles. The number of nitrogens with zero attached hydrogens (tertiary/aromatic N) is 3. The van der Waals surface area contributed by atoms with E-state index in [2.05, 4.69) is 76.6 Å². The van der Waals surface area contributed by atoms with E-state index in [-0.39, 0.29) is 0 Å². The molecular formula is C25H29N3O. The van der Waals surface area contributed by atoms with Crippen LogP contribution >= 0.6 is 0 Å². The summed E-state index contributed by atoms with van der Waals surface area (Å²) in [7, 11) is 2.27. The van der Waals surface area contributed by atoms with Crippen molar-refractivity contribution >= 4 is 0 Å². The quantitative estimate of drug-likeness (QED) is 0.626. The van der Waals surface area contributed by atoms with Crippen LogP contribution in [-0.4, -0.2) is 47.7 Å². The second-order valence-corrected chi connectivity index (χ2v) is 8.47. The fourth-order valence-electron chi connectivity index (χ4n) is 4.81. The molecular weight excluding hydrogens is 358 g/mol. The van der Waals surface area contributed by atoms with Gasteiger partial charge in [-0.15, -0.1) is 0 Å². The molecule has 1 atom stereocenters. The summed E-state index contributed by atoms with van der Waals surface area (Å²) in [5, 5.41) is 4.44. The first kappa shape index (κ1) is 18.6. The average Bonchev–Trinajstić information content (AvgIpc) is 3.38. The third-order valence-electron chi connectivity index (χ3n) is 6.62. The maximum Gasteiger partial charge on any atom is 0.143 e. The van der Waals surface area contributed by atoms with Crippen LogP contribution < -0.4 is 0 Å². The summed E-state index contributed by atoms with van der Waals surface area (Å²) in [5.74, 6) is 1.07. The molecule has 0 N–H and O–H groups in total. The zero-order valence-corrected chi connectivity index (χ0v) is 17.2. The molecule has 0 spiro atoms. The Morgan fingerprint density at radius 3 is 2.48 bits per heavy atom. The van der Waals surface area contributed by atoms with Gasteiger partial charge in [0.05, 0.1) is 0 Å². The van der Waals surface area contributed by atoms with Crippen molar-refractivity contribution in [1.29, 1.82) is 0 Å². The topological polar surface area (TPSA) is 32.5 Å². The van der Waals surface area contributed by atoms with E-state index in [1.165, 1.54) is 42.5 Å². The third-order valence-corrected chi connectivity index (χ3v) is 6.62. The van der Waals surface area contributed by atoms with Gasteiger partial charge < -0.3 is 9.42 Å². The molecule has 1 fully saturated rings. The molecule has 3 aromatic rings. The standard InChI is InChI=1S/C25H29N3O/c1-27-15-5-8-22(27)13-16-28-17-14-24-23(18-28)25(26-29-24)21-11-9-20(10-12-21)19-6-3-2-4-7-19/h2-4,6-7,9-12,22H,5,8,13-18H2,1H3. The fourth-order valence-corrected chi connectivity index (χ4v) is 4.81. The zero-order chi connectivity index (χ0) is 19.6. The highest BCUT2D eigenvalue weighted by Crippen LogP contribution is 2.32. The number of likely N-dealkylation sites (tertiary alicyclic amines) is 1. The molecule has 0 radical (unpaired) electrons. The Bertz CT molecular complexity index is 948. The van der Waals surface area contributed by atoms with Crippen LogP contribution in [0.3, 0.4) is 0 Å². The molecule has 0 aliphatic carbocycles. The van der Waals surface area contributed by atoms with Gasteiger partial charge in [-0.1, -0.05) is 59.8 Å². The van der Waals surface area contributed by atoms with Crippen molar-refractivity contribution in [1.82, 2.24) is 15.0 Å². The lowest BCUT2D eigenvalue weighted by atomic mass is 9.98. The highest BCUT2D eigenvalue weighted by molar-refractivity contribution is 5.70. The van der Waals surface area contributed by atoms with Crippen molar-refractivity contribution in [2.24, 2.45) is 0 Å². The molecule has 5 rings (SSSR count). The number of hydrogen-bond donors (Lipinski definition) is 0. The molecule has 29 heavy (non-hydrogen) atoms. The number of aromatic nitrogens is 1. The van der Waals surface area contributed by atoms with Gasteiger partial charge in [0.25, 0.3) is 0 Å². The van der Waals surface area contributed by atoms with Crippen molar-refractivity contribution in [3.8, 4) is 22.4 Å². The van der Waals surface area contributed by atoms with E-state index in [0.29, 0.717) is 0 Å². The third kappa shape index (κ3) is 3.87. The lowest BCUT2D eigenvalue weighted by Crippen LogP contribution is -2.35. The maximum atomic E-state index is 5.71. The SMILES string of the molecule is CN1CCCC1CCN1CCc2onc(-c3ccc(-c4ccccc4)cc3)c2C1. The summed E-state index contributed by atoms with van der Waals surface area (Å²) in [6.07, 6.45) is 4.92. The Balaban J connectivity index is 1.30. The van der Waals surface area contributed by atoms with Crippen LogP contribution in [0, 0.1) is 0 Å². The van der Waals surface area contributed by atoms with Crippen molar-refractivity contribution in [2.75, 3.05) is 26.7 Å². The van der Waals surface area contributed by atoms with Crippen molar-refractivity contribution < 1.29 is 4.52 Å². The summed E-state index contributed by atoms with van der Waals surface area (Å²) in [6.45, 7) is 4.44. The number of fused-ring (bicyclic) bond motifs is 1. The summed E-state index contributed by atoms with van der Waals surface area (Å²) in [6, 6.07) is 20.0. The Morgan fingerprint density at radius 2 is 1.72 bits per heavy atom. The minimum atomic E-state index is 0.754. The first-order valence-corrected chi connectivity index (χ1v) is 10.8. The normalized spacial score (nSPS) is 20.1. The monoisotopic (exact) mass is 387 g/mol. The lowest BCUT2D eigenvalue weighted by molar-refractivity contribution is 0.202. The van der Waals surface area contributed by atoms with E-state index < -0.39 is 0 Å². The number of benzene rings is 2. The molecule has 3 heterocycles. The van der Waals surface area contributed by atoms with E-state index >= 15 is 0 Å². The molecule has 150 valence electrons. The highest BCUT2D eigenvalue weighted by atomic mass is 16.5. The van der Waals surface area contributed by atoms with Crippen molar-refractivity contribution in [3.63, 3.8) is 0 Å². The van der Waals surface area contributed by atoms with Crippen LogP contribution in [0.2, 0.25) is 0 Å². The second-order valence-electron chi connectivity index (χ2n) is 8.47. The van der Waals surface area contributed by atoms with Crippen LogP contribution in [0.4, 0.5) is 0 Å². The van der Waals surface area contributed by atoms with Crippen LogP contribution in [0.15, 0.2) is 59.1 Å².